The van der Waals surface area contributed by atoms with Crippen molar-refractivity contribution >= 4 is 0 Å². The molecule has 2 rings (SSSR count). The van der Waals surface area contributed by atoms with Gasteiger partial charge in [-0.05, 0) is 6.07 Å². The van der Waals surface area contributed by atoms with Gasteiger partial charge in [0.05, 0.1) is 5.41 Å². The van der Waals surface area contributed by atoms with Gasteiger partial charge in [-0.2, -0.15) is 0 Å². The molecule has 0 amide bonds. The van der Waals surface area contributed by atoms with Gasteiger partial charge in [-0.1, -0.05) is 12.1 Å². The van der Waals surface area contributed by atoms with Crippen LogP contribution in [0.25, 0.3) is 0 Å². The molecule has 1 aromatic rings. The van der Waals surface area contributed by atoms with Crippen LogP contribution in [0.2, 0.25) is 0 Å². The number of phenolic OH excluding ortho intramolecular Hbond substituents is 2. The molecule has 3 nitrogen and oxygen atoms in total. The molecule has 1 fully saturated rings. The van der Waals surface area contributed by atoms with Crippen LogP contribution in [-0.2, 0) is 5.41 Å². The van der Waals surface area contributed by atoms with Gasteiger partial charge in [0.25, 0.3) is 5.92 Å². The van der Waals surface area contributed by atoms with Crippen molar-refractivity contribution in [2.75, 3.05) is 6.54 Å². The third-order valence-corrected chi connectivity index (χ3v) is 2.98. The van der Waals surface area contributed by atoms with Crippen LogP contribution < -0.4 is 5.73 Å². The van der Waals surface area contributed by atoms with Gasteiger partial charge in [0.15, 0.2) is 11.5 Å². The Bertz CT molecular complexity index is 408. The van der Waals surface area contributed by atoms with Crippen LogP contribution >= 0.6 is 0 Å². The lowest BCUT2D eigenvalue weighted by molar-refractivity contribution is 0.0888. The maximum Gasteiger partial charge on any atom is 0.260 e. The first-order valence-corrected chi connectivity index (χ1v) is 4.54. The predicted octanol–water partition coefficient (Wildman–Crippen LogP) is 1.33. The molecule has 1 unspecified atom stereocenters. The fraction of sp³-hybridized carbons (Fsp3) is 0.400. The van der Waals surface area contributed by atoms with E-state index in [-0.39, 0.29) is 18.5 Å². The molecule has 1 saturated carbocycles. The lowest BCUT2D eigenvalue weighted by Crippen LogP contribution is -2.26. The second-order valence-corrected chi connectivity index (χ2v) is 3.84. The minimum atomic E-state index is -2.90. The molecule has 4 N–H and O–H groups in total. The molecule has 0 saturated heterocycles. The zero-order chi connectivity index (χ0) is 11.3. The van der Waals surface area contributed by atoms with Gasteiger partial charge in [0, 0.05) is 18.5 Å². The molecule has 0 spiro atoms. The Morgan fingerprint density at radius 3 is 2.40 bits per heavy atom. The third-order valence-electron chi connectivity index (χ3n) is 2.98. The highest BCUT2D eigenvalue weighted by Gasteiger charge is 2.72. The summed E-state index contributed by atoms with van der Waals surface area (Å²) in [5.41, 5.74) is 3.84. The normalized spacial score (nSPS) is 27.7. The van der Waals surface area contributed by atoms with Gasteiger partial charge < -0.3 is 15.9 Å². The minimum Gasteiger partial charge on any atom is -0.504 e. The number of halogens is 2. The minimum absolute atomic E-state index is 0.0231. The van der Waals surface area contributed by atoms with Gasteiger partial charge in [0.2, 0.25) is 0 Å². The first kappa shape index (κ1) is 10.2. The standard InChI is InChI=1S/C10H11F2NO2/c11-10(12)4-9(10,5-13)6-2-1-3-7(14)8(6)15/h1-3,14-15H,4-5,13H2. The summed E-state index contributed by atoms with van der Waals surface area (Å²) < 4.78 is 26.4. The van der Waals surface area contributed by atoms with E-state index in [1.54, 1.807) is 0 Å². The van der Waals surface area contributed by atoms with Gasteiger partial charge in [0.1, 0.15) is 0 Å². The highest BCUT2D eigenvalue weighted by atomic mass is 19.3. The van der Waals surface area contributed by atoms with E-state index in [0.717, 1.165) is 0 Å². The molecule has 1 aromatic carbocycles. The van der Waals surface area contributed by atoms with E-state index in [2.05, 4.69) is 0 Å². The van der Waals surface area contributed by atoms with Gasteiger partial charge in [-0.3, -0.25) is 0 Å². The Morgan fingerprint density at radius 1 is 1.33 bits per heavy atom. The molecule has 0 radical (unpaired) electrons. The highest BCUT2D eigenvalue weighted by molar-refractivity contribution is 5.53. The smallest absolute Gasteiger partial charge is 0.260 e. The van der Waals surface area contributed by atoms with Gasteiger partial charge >= 0.3 is 0 Å². The third kappa shape index (κ3) is 1.19. The summed E-state index contributed by atoms with van der Waals surface area (Å²) in [5.74, 6) is -3.80. The van der Waals surface area contributed by atoms with Crippen LogP contribution in [0.1, 0.15) is 12.0 Å². The van der Waals surface area contributed by atoms with Crippen molar-refractivity contribution in [2.24, 2.45) is 5.73 Å². The number of hydrogen-bond acceptors (Lipinski definition) is 3. The summed E-state index contributed by atoms with van der Waals surface area (Å²) in [6.45, 7) is -0.253. The topological polar surface area (TPSA) is 66.5 Å². The molecule has 5 heteroatoms. The summed E-state index contributed by atoms with van der Waals surface area (Å²) >= 11 is 0. The SMILES string of the molecule is NCC1(c2cccc(O)c2O)CC1(F)F. The van der Waals surface area contributed by atoms with Crippen LogP contribution in [0.15, 0.2) is 18.2 Å². The molecule has 0 heterocycles. The largest absolute Gasteiger partial charge is 0.504 e. The second-order valence-electron chi connectivity index (χ2n) is 3.84. The van der Waals surface area contributed by atoms with Gasteiger partial charge in [-0.25, -0.2) is 8.78 Å². The summed E-state index contributed by atoms with van der Waals surface area (Å²) in [6, 6.07) is 4.02. The van der Waals surface area contributed by atoms with Crippen molar-refractivity contribution in [1.82, 2.24) is 0 Å². The summed E-state index contributed by atoms with van der Waals surface area (Å²) in [4.78, 5) is 0. The quantitative estimate of drug-likeness (QED) is 0.652. The van der Waals surface area contributed by atoms with Crippen molar-refractivity contribution in [1.29, 1.82) is 0 Å². The fourth-order valence-corrected chi connectivity index (χ4v) is 1.88. The Kier molecular flexibility index (Phi) is 1.91. The van der Waals surface area contributed by atoms with Crippen molar-refractivity contribution in [3.05, 3.63) is 23.8 Å². The van der Waals surface area contributed by atoms with Crippen molar-refractivity contribution in [3.8, 4) is 11.5 Å². The Hall–Kier alpha value is -1.36. The first-order valence-electron chi connectivity index (χ1n) is 4.54. The molecule has 0 aromatic heterocycles. The van der Waals surface area contributed by atoms with E-state index in [1.807, 2.05) is 0 Å². The molecule has 0 bridgehead atoms. The Balaban J connectivity index is 2.51. The number of nitrogens with two attached hydrogens (primary N) is 1. The molecule has 1 aliphatic rings. The zero-order valence-corrected chi connectivity index (χ0v) is 7.87. The number of rotatable bonds is 2. The Labute approximate surface area is 85.1 Å². The predicted molar refractivity (Wildman–Crippen MR) is 50.1 cm³/mol. The number of para-hydroxylation sites is 1. The van der Waals surface area contributed by atoms with E-state index >= 15 is 0 Å². The maximum atomic E-state index is 13.2. The van der Waals surface area contributed by atoms with Crippen LogP contribution in [0.4, 0.5) is 8.78 Å². The first-order chi connectivity index (χ1) is 6.94. The molecule has 1 atom stereocenters. The van der Waals surface area contributed by atoms with E-state index in [9.17, 15) is 19.0 Å². The summed E-state index contributed by atoms with van der Waals surface area (Å²) in [7, 11) is 0. The highest BCUT2D eigenvalue weighted by Crippen LogP contribution is 2.63. The van der Waals surface area contributed by atoms with Gasteiger partial charge in [-0.15, -0.1) is 0 Å². The molecule has 82 valence electrons. The van der Waals surface area contributed by atoms with Crippen molar-refractivity contribution < 1.29 is 19.0 Å². The summed E-state index contributed by atoms with van der Waals surface area (Å²) in [6.07, 6.45) is -0.381. The fourth-order valence-electron chi connectivity index (χ4n) is 1.88. The Morgan fingerprint density at radius 2 is 1.93 bits per heavy atom. The number of alkyl halides is 2. The number of benzene rings is 1. The maximum absolute atomic E-state index is 13.2. The van der Waals surface area contributed by atoms with E-state index in [4.69, 9.17) is 5.73 Å². The molecule has 0 aliphatic heterocycles. The number of hydrogen-bond donors (Lipinski definition) is 3. The molecular weight excluding hydrogens is 204 g/mol. The lowest BCUT2D eigenvalue weighted by Gasteiger charge is -2.16. The van der Waals surface area contributed by atoms with Crippen LogP contribution in [0, 0.1) is 0 Å². The number of phenols is 2. The van der Waals surface area contributed by atoms with Crippen molar-refractivity contribution in [2.45, 2.75) is 17.8 Å². The zero-order valence-electron chi connectivity index (χ0n) is 7.87. The molecule has 15 heavy (non-hydrogen) atoms. The van der Waals surface area contributed by atoms with E-state index < -0.39 is 22.8 Å². The average molecular weight is 215 g/mol. The van der Waals surface area contributed by atoms with E-state index in [1.165, 1.54) is 18.2 Å². The van der Waals surface area contributed by atoms with Crippen molar-refractivity contribution in [3.63, 3.8) is 0 Å². The monoisotopic (exact) mass is 215 g/mol. The second kappa shape index (κ2) is 2.82. The average Bonchev–Trinajstić information content (AvgIpc) is 2.74. The van der Waals surface area contributed by atoms with Crippen LogP contribution in [0.5, 0.6) is 11.5 Å². The molecular formula is C10H11F2NO2. The van der Waals surface area contributed by atoms with Crippen LogP contribution in [-0.4, -0.2) is 22.7 Å². The lowest BCUT2D eigenvalue weighted by atomic mass is 9.94. The van der Waals surface area contributed by atoms with Crippen LogP contribution in [0.3, 0.4) is 0 Å². The van der Waals surface area contributed by atoms with E-state index in [0.29, 0.717) is 0 Å². The number of aromatic hydroxyl groups is 2. The molecule has 1 aliphatic carbocycles. The summed E-state index contributed by atoms with van der Waals surface area (Å²) in [5, 5.41) is 18.7.